The van der Waals surface area contributed by atoms with Crippen LogP contribution in [0.1, 0.15) is 57.9 Å². The number of aryl methyl sites for hydroxylation is 1. The molecule has 45 heavy (non-hydrogen) atoms. The van der Waals surface area contributed by atoms with Crippen LogP contribution in [0.3, 0.4) is 0 Å². The molecule has 2 atom stereocenters. The van der Waals surface area contributed by atoms with Crippen molar-refractivity contribution >= 4 is 30.7 Å². The fourth-order valence-corrected chi connectivity index (χ4v) is 6.89. The Hall–Kier alpha value is -4.11. The highest BCUT2D eigenvalue weighted by molar-refractivity contribution is 6.76. The summed E-state index contributed by atoms with van der Waals surface area (Å²) in [6.07, 6.45) is 5.04. The molecule has 2 unspecified atom stereocenters. The number of anilines is 1. The summed E-state index contributed by atoms with van der Waals surface area (Å²) in [6.45, 7) is 9.05. The summed E-state index contributed by atoms with van der Waals surface area (Å²) in [7, 11) is -1.25. The second kappa shape index (κ2) is 13.9. The lowest BCUT2D eigenvalue weighted by Crippen LogP contribution is -2.38. The molecule has 0 fully saturated rings. The maximum absolute atomic E-state index is 13.0. The van der Waals surface area contributed by atoms with Gasteiger partial charge in [-0.15, -0.1) is 0 Å². The zero-order valence-electron chi connectivity index (χ0n) is 26.5. The van der Waals surface area contributed by atoms with Gasteiger partial charge < -0.3 is 15.0 Å². The molecule has 1 aliphatic rings. The molecule has 0 saturated carbocycles. The number of benzene rings is 3. The molecule has 1 aliphatic carbocycles. The van der Waals surface area contributed by atoms with Gasteiger partial charge in [0.15, 0.2) is 0 Å². The number of imidazole rings is 1. The highest BCUT2D eigenvalue weighted by Gasteiger charge is 2.34. The molecular weight excluding hydrogens is 575 g/mol. The molecule has 0 saturated heterocycles. The van der Waals surface area contributed by atoms with E-state index in [0.717, 1.165) is 65.7 Å². The zero-order valence-corrected chi connectivity index (χ0v) is 27.5. The summed E-state index contributed by atoms with van der Waals surface area (Å²) >= 11 is 0. The van der Waals surface area contributed by atoms with Gasteiger partial charge in [0.05, 0.1) is 35.4 Å². The Morgan fingerprint density at radius 1 is 1.02 bits per heavy atom. The lowest BCUT2D eigenvalue weighted by atomic mass is 9.89. The van der Waals surface area contributed by atoms with E-state index in [9.17, 15) is 4.79 Å². The van der Waals surface area contributed by atoms with Crippen molar-refractivity contribution in [3.63, 3.8) is 0 Å². The van der Waals surface area contributed by atoms with Crippen LogP contribution >= 0.6 is 0 Å². The summed E-state index contributed by atoms with van der Waals surface area (Å²) in [6, 6.07) is 31.0. The SMILES string of the molecule is C[Si](C)(C)CCOCC(c1nc2ccccc2[nH]1)N(Cc1cccc(NC(=O)c2ccccc2)c1)C1CCCc2cccnc21. The monoisotopic (exact) mass is 617 g/mol. The number of para-hydroxylation sites is 2. The molecule has 1 amide bonds. The summed E-state index contributed by atoms with van der Waals surface area (Å²) < 4.78 is 6.50. The van der Waals surface area contributed by atoms with Gasteiger partial charge in [-0.1, -0.05) is 68.2 Å². The minimum atomic E-state index is -1.25. The van der Waals surface area contributed by atoms with Crippen molar-refractivity contribution < 1.29 is 9.53 Å². The van der Waals surface area contributed by atoms with E-state index in [1.807, 2.05) is 66.9 Å². The van der Waals surface area contributed by atoms with Crippen LogP contribution in [-0.2, 0) is 17.7 Å². The molecule has 5 aromatic rings. The van der Waals surface area contributed by atoms with Crippen LogP contribution in [0.2, 0.25) is 25.7 Å². The number of H-pyrrole nitrogens is 1. The van der Waals surface area contributed by atoms with Gasteiger partial charge in [0.1, 0.15) is 5.82 Å². The highest BCUT2D eigenvalue weighted by Crippen LogP contribution is 2.39. The molecule has 0 bridgehead atoms. The third-order valence-corrected chi connectivity index (χ3v) is 10.3. The van der Waals surface area contributed by atoms with Gasteiger partial charge >= 0.3 is 0 Å². The van der Waals surface area contributed by atoms with E-state index in [4.69, 9.17) is 14.7 Å². The van der Waals surface area contributed by atoms with E-state index in [0.29, 0.717) is 18.7 Å². The molecule has 2 aromatic heterocycles. The van der Waals surface area contributed by atoms with Gasteiger partial charge in [0, 0.05) is 38.7 Å². The first-order valence-electron chi connectivity index (χ1n) is 16.0. The predicted molar refractivity (Wildman–Crippen MR) is 184 cm³/mol. The molecule has 0 aliphatic heterocycles. The van der Waals surface area contributed by atoms with Crippen molar-refractivity contribution in [2.75, 3.05) is 18.5 Å². The maximum Gasteiger partial charge on any atom is 0.255 e. The molecule has 3 aromatic carbocycles. The van der Waals surface area contributed by atoms with Gasteiger partial charge in [-0.2, -0.15) is 0 Å². The Kier molecular flexibility index (Phi) is 9.54. The van der Waals surface area contributed by atoms with E-state index in [1.54, 1.807) is 0 Å². The molecule has 7 nitrogen and oxygen atoms in total. The average molecular weight is 618 g/mol. The molecular formula is C37H43N5O2Si. The van der Waals surface area contributed by atoms with Crippen LogP contribution in [0.4, 0.5) is 5.69 Å². The van der Waals surface area contributed by atoms with E-state index >= 15 is 0 Å². The molecule has 0 spiro atoms. The third kappa shape index (κ3) is 7.76. The summed E-state index contributed by atoms with van der Waals surface area (Å²) in [5.74, 6) is 0.784. The summed E-state index contributed by atoms with van der Waals surface area (Å²) in [5.41, 5.74) is 6.93. The number of hydrogen-bond donors (Lipinski definition) is 2. The van der Waals surface area contributed by atoms with Crippen LogP contribution in [0, 0.1) is 0 Å². The molecule has 0 radical (unpaired) electrons. The topological polar surface area (TPSA) is 83.1 Å². The minimum absolute atomic E-state index is 0.0938. The fourth-order valence-electron chi connectivity index (χ4n) is 6.13. The quantitative estimate of drug-likeness (QED) is 0.109. The van der Waals surface area contributed by atoms with Gasteiger partial charge in [-0.05, 0) is 78.9 Å². The second-order valence-electron chi connectivity index (χ2n) is 13.2. The van der Waals surface area contributed by atoms with Crippen molar-refractivity contribution in [3.05, 3.63) is 125 Å². The largest absolute Gasteiger partial charge is 0.380 e. The van der Waals surface area contributed by atoms with E-state index in [1.165, 1.54) is 5.56 Å². The first-order valence-corrected chi connectivity index (χ1v) is 19.7. The number of rotatable bonds is 12. The van der Waals surface area contributed by atoms with Crippen LogP contribution in [0.15, 0.2) is 97.2 Å². The fraction of sp³-hybridized carbons (Fsp3) is 0.324. The van der Waals surface area contributed by atoms with Crippen LogP contribution in [0.5, 0.6) is 0 Å². The number of carbonyl (C=O) groups excluding carboxylic acids is 1. The van der Waals surface area contributed by atoms with Gasteiger partial charge in [0.25, 0.3) is 5.91 Å². The van der Waals surface area contributed by atoms with Crippen molar-refractivity contribution in [1.29, 1.82) is 0 Å². The van der Waals surface area contributed by atoms with Crippen LogP contribution in [-0.4, -0.2) is 47.0 Å². The van der Waals surface area contributed by atoms with Crippen LogP contribution in [0.25, 0.3) is 11.0 Å². The second-order valence-corrected chi connectivity index (χ2v) is 18.8. The molecule has 2 heterocycles. The number of hydrogen-bond acceptors (Lipinski definition) is 5. The number of aromatic amines is 1. The number of pyridine rings is 1. The molecule has 232 valence electrons. The maximum atomic E-state index is 13.0. The molecule has 8 heteroatoms. The van der Waals surface area contributed by atoms with Crippen molar-refractivity contribution in [3.8, 4) is 0 Å². The Morgan fingerprint density at radius 2 is 1.84 bits per heavy atom. The molecule has 6 rings (SSSR count). The summed E-state index contributed by atoms with van der Waals surface area (Å²) in [5, 5.41) is 3.09. The lowest BCUT2D eigenvalue weighted by Gasteiger charge is -2.39. The standard InChI is InChI=1S/C37H43N5O2Si/c1-45(2,3)23-22-44-26-34(36-40-31-18-7-8-19-32(31)41-36)42(33-20-10-15-28-16-11-21-38-35(28)33)25-27-12-9-17-30(24-27)39-37(43)29-13-5-4-6-14-29/h4-9,11-14,16-19,21,24,33-34H,10,15,20,22-23,25-26H2,1-3H3,(H,39,43)(H,40,41). The third-order valence-electron chi connectivity index (χ3n) is 8.55. The predicted octanol–water partition coefficient (Wildman–Crippen LogP) is 8.19. The van der Waals surface area contributed by atoms with Crippen molar-refractivity contribution in [2.45, 2.75) is 63.6 Å². The van der Waals surface area contributed by atoms with E-state index in [-0.39, 0.29) is 18.0 Å². The van der Waals surface area contributed by atoms with Crippen LogP contribution < -0.4 is 5.32 Å². The Bertz CT molecular complexity index is 1700. The van der Waals surface area contributed by atoms with Crippen molar-refractivity contribution in [1.82, 2.24) is 19.9 Å². The van der Waals surface area contributed by atoms with E-state index < -0.39 is 8.07 Å². The summed E-state index contributed by atoms with van der Waals surface area (Å²) in [4.78, 5) is 29.2. The Balaban J connectivity index is 1.36. The first-order chi connectivity index (χ1) is 21.8. The van der Waals surface area contributed by atoms with Gasteiger partial charge in [0.2, 0.25) is 0 Å². The number of carbonyl (C=O) groups is 1. The number of nitrogens with zero attached hydrogens (tertiary/aromatic N) is 3. The highest BCUT2D eigenvalue weighted by atomic mass is 28.3. The Labute approximate surface area is 267 Å². The van der Waals surface area contributed by atoms with E-state index in [2.05, 4.69) is 65.2 Å². The number of amides is 1. The minimum Gasteiger partial charge on any atom is -0.380 e. The number of aromatic nitrogens is 3. The van der Waals surface area contributed by atoms with Crippen molar-refractivity contribution in [2.24, 2.45) is 0 Å². The first kappa shape index (κ1) is 30.9. The smallest absolute Gasteiger partial charge is 0.255 e. The number of ether oxygens (including phenoxy) is 1. The average Bonchev–Trinajstić information content (AvgIpc) is 3.48. The van der Waals surface area contributed by atoms with Gasteiger partial charge in [-0.3, -0.25) is 14.7 Å². The molecule has 2 N–H and O–H groups in total. The zero-order chi connectivity index (χ0) is 31.2. The van der Waals surface area contributed by atoms with Gasteiger partial charge in [-0.25, -0.2) is 4.98 Å². The lowest BCUT2D eigenvalue weighted by molar-refractivity contribution is 0.0257. The number of nitrogens with one attached hydrogen (secondary N) is 2. The number of fused-ring (bicyclic) bond motifs is 2. The normalized spacial score (nSPS) is 15.6. The Morgan fingerprint density at radius 3 is 2.67 bits per heavy atom.